The molecule has 0 radical (unpaired) electrons. The van der Waals surface area contributed by atoms with Gasteiger partial charge >= 0.3 is 0 Å². The molecule has 0 spiro atoms. The van der Waals surface area contributed by atoms with Gasteiger partial charge in [-0.3, -0.25) is 9.48 Å². The molecule has 6 nitrogen and oxygen atoms in total. The molecule has 0 N–H and O–H groups in total. The number of ether oxygens (including phenoxy) is 2. The van der Waals surface area contributed by atoms with Crippen molar-refractivity contribution in [3.63, 3.8) is 0 Å². The summed E-state index contributed by atoms with van der Waals surface area (Å²) in [6, 6.07) is -0.0105. The minimum atomic E-state index is -0.299. The highest BCUT2D eigenvalue weighted by molar-refractivity contribution is 6.31. The number of carbonyl (C=O) groups excluding carboxylic acids is 1. The van der Waals surface area contributed by atoms with Gasteiger partial charge in [-0.2, -0.15) is 5.10 Å². The lowest BCUT2D eigenvalue weighted by atomic mass is 10.0. The fourth-order valence-electron chi connectivity index (χ4n) is 3.59. The second kappa shape index (κ2) is 8.55. The van der Waals surface area contributed by atoms with Crippen LogP contribution in [0.4, 0.5) is 0 Å². The molecule has 1 amide bonds. The smallest absolute Gasteiger partial charge is 0.247 e. The van der Waals surface area contributed by atoms with Crippen LogP contribution in [0.5, 0.6) is 0 Å². The lowest BCUT2D eigenvalue weighted by molar-refractivity contribution is -0.145. The maximum atomic E-state index is 12.8. The van der Waals surface area contributed by atoms with E-state index < -0.39 is 0 Å². The van der Waals surface area contributed by atoms with E-state index in [0.717, 1.165) is 43.6 Å². The summed E-state index contributed by atoms with van der Waals surface area (Å²) in [6.45, 7) is 8.84. The van der Waals surface area contributed by atoms with Gasteiger partial charge in [-0.25, -0.2) is 0 Å². The van der Waals surface area contributed by atoms with Crippen LogP contribution in [-0.2, 0) is 20.8 Å². The van der Waals surface area contributed by atoms with Crippen molar-refractivity contribution in [3.05, 3.63) is 22.5 Å². The number of carbonyl (C=O) groups is 1. The van der Waals surface area contributed by atoms with E-state index in [1.165, 1.54) is 0 Å². The lowest BCUT2D eigenvalue weighted by Crippen LogP contribution is -2.49. The molecule has 0 aliphatic carbocycles. The van der Waals surface area contributed by atoms with Gasteiger partial charge < -0.3 is 14.4 Å². The third-order valence-electron chi connectivity index (χ3n) is 4.83. The van der Waals surface area contributed by atoms with Crippen LogP contribution < -0.4 is 0 Å². The molecule has 1 aromatic heterocycles. The van der Waals surface area contributed by atoms with Gasteiger partial charge in [0.15, 0.2) is 6.29 Å². The molecule has 2 saturated heterocycles. The van der Waals surface area contributed by atoms with Crippen molar-refractivity contribution in [2.75, 3.05) is 19.8 Å². The second-order valence-electron chi connectivity index (χ2n) is 7.40. The molecule has 3 rings (SSSR count). The minimum Gasteiger partial charge on any atom is -0.348 e. The molecule has 7 heteroatoms. The number of piperidine rings is 1. The summed E-state index contributed by atoms with van der Waals surface area (Å²) in [5, 5.41) is 5.07. The number of hydrogen-bond acceptors (Lipinski definition) is 4. The standard InChI is InChI=1S/C19H28ClN3O3/c1-13(2)12-23-18(20)15(14(3)21-23)7-8-17(24)22-9-5-4-6-16(22)19-25-10-11-26-19/h7-8,13,16,19H,4-6,9-12H2,1-3H3/b8-7+. The first-order valence-electron chi connectivity index (χ1n) is 9.42. The fraction of sp³-hybridized carbons (Fsp3) is 0.684. The van der Waals surface area contributed by atoms with Gasteiger partial charge in [0.05, 0.1) is 24.9 Å². The van der Waals surface area contributed by atoms with Crippen molar-refractivity contribution in [3.8, 4) is 0 Å². The summed E-state index contributed by atoms with van der Waals surface area (Å²) in [7, 11) is 0. The van der Waals surface area contributed by atoms with Crippen LogP contribution in [0.2, 0.25) is 5.15 Å². The summed E-state index contributed by atoms with van der Waals surface area (Å²) >= 11 is 6.46. The predicted octanol–water partition coefficient (Wildman–Crippen LogP) is 3.27. The molecule has 144 valence electrons. The van der Waals surface area contributed by atoms with Crippen LogP contribution in [0.3, 0.4) is 0 Å². The summed E-state index contributed by atoms with van der Waals surface area (Å²) in [4.78, 5) is 14.7. The maximum Gasteiger partial charge on any atom is 0.247 e. The van der Waals surface area contributed by atoms with Crippen LogP contribution in [0, 0.1) is 12.8 Å². The number of aromatic nitrogens is 2. The van der Waals surface area contributed by atoms with E-state index >= 15 is 0 Å². The van der Waals surface area contributed by atoms with E-state index in [4.69, 9.17) is 21.1 Å². The van der Waals surface area contributed by atoms with Gasteiger partial charge in [0, 0.05) is 24.7 Å². The Bertz CT molecular complexity index is 665. The Kier molecular flexibility index (Phi) is 6.37. The van der Waals surface area contributed by atoms with Crippen molar-refractivity contribution in [1.82, 2.24) is 14.7 Å². The summed E-state index contributed by atoms with van der Waals surface area (Å²) in [5.41, 5.74) is 1.64. The molecule has 1 unspecified atom stereocenters. The van der Waals surface area contributed by atoms with Crippen molar-refractivity contribution < 1.29 is 14.3 Å². The number of rotatable bonds is 5. The molecule has 1 aromatic rings. The number of aryl methyl sites for hydroxylation is 1. The minimum absolute atomic E-state index is 0.0105. The first-order valence-corrected chi connectivity index (χ1v) is 9.80. The highest BCUT2D eigenvalue weighted by Crippen LogP contribution is 2.26. The average Bonchev–Trinajstić information content (AvgIpc) is 3.22. The molecule has 3 heterocycles. The van der Waals surface area contributed by atoms with E-state index in [1.54, 1.807) is 16.8 Å². The number of amides is 1. The van der Waals surface area contributed by atoms with Crippen LogP contribution >= 0.6 is 11.6 Å². The van der Waals surface area contributed by atoms with Crippen molar-refractivity contribution in [2.45, 2.75) is 58.9 Å². The zero-order valence-corrected chi connectivity index (χ0v) is 16.5. The number of hydrogen-bond donors (Lipinski definition) is 0. The maximum absolute atomic E-state index is 12.8. The van der Waals surface area contributed by atoms with Gasteiger partial charge in [-0.15, -0.1) is 0 Å². The van der Waals surface area contributed by atoms with Gasteiger partial charge in [0.2, 0.25) is 5.91 Å². The SMILES string of the molecule is Cc1nn(CC(C)C)c(Cl)c1/C=C/C(=O)N1CCCCC1C1OCCO1. The first-order chi connectivity index (χ1) is 12.5. The summed E-state index contributed by atoms with van der Waals surface area (Å²) < 4.78 is 13.1. The van der Waals surface area contributed by atoms with Gasteiger partial charge in [-0.05, 0) is 38.2 Å². The van der Waals surface area contributed by atoms with E-state index in [2.05, 4.69) is 18.9 Å². The topological polar surface area (TPSA) is 56.6 Å². The average molecular weight is 382 g/mol. The lowest BCUT2D eigenvalue weighted by Gasteiger charge is -2.37. The van der Waals surface area contributed by atoms with Crippen LogP contribution in [0.15, 0.2) is 6.08 Å². The normalized spacial score (nSPS) is 22.0. The molecule has 1 atom stereocenters. The molecule has 0 saturated carbocycles. The van der Waals surface area contributed by atoms with E-state index in [9.17, 15) is 4.79 Å². The Morgan fingerprint density at radius 3 is 2.77 bits per heavy atom. The highest BCUT2D eigenvalue weighted by atomic mass is 35.5. The molecule has 2 aliphatic heterocycles. The summed E-state index contributed by atoms with van der Waals surface area (Å²) in [5.74, 6) is 0.423. The second-order valence-corrected chi connectivity index (χ2v) is 7.76. The highest BCUT2D eigenvalue weighted by Gasteiger charge is 2.35. The zero-order valence-electron chi connectivity index (χ0n) is 15.8. The molecule has 2 aliphatic rings. The van der Waals surface area contributed by atoms with Crippen LogP contribution in [0.25, 0.3) is 6.08 Å². The third-order valence-corrected chi connectivity index (χ3v) is 5.23. The van der Waals surface area contributed by atoms with Crippen molar-refractivity contribution >= 4 is 23.6 Å². The monoisotopic (exact) mass is 381 g/mol. The Hall–Kier alpha value is -1.37. The predicted molar refractivity (Wildman–Crippen MR) is 101 cm³/mol. The van der Waals surface area contributed by atoms with Crippen LogP contribution in [-0.4, -0.2) is 52.7 Å². The Balaban J connectivity index is 1.73. The molecule has 0 bridgehead atoms. The van der Waals surface area contributed by atoms with Gasteiger partial charge in [0.25, 0.3) is 0 Å². The zero-order chi connectivity index (χ0) is 18.7. The van der Waals surface area contributed by atoms with Gasteiger partial charge in [0.1, 0.15) is 5.15 Å². The van der Waals surface area contributed by atoms with Crippen molar-refractivity contribution in [1.29, 1.82) is 0 Å². The molecule has 26 heavy (non-hydrogen) atoms. The first kappa shape index (κ1) is 19.4. The van der Waals surface area contributed by atoms with Crippen LogP contribution in [0.1, 0.15) is 44.4 Å². The molecule has 2 fully saturated rings. The molecular weight excluding hydrogens is 354 g/mol. The number of nitrogens with zero attached hydrogens (tertiary/aromatic N) is 3. The largest absolute Gasteiger partial charge is 0.348 e. The summed E-state index contributed by atoms with van der Waals surface area (Å²) in [6.07, 6.45) is 6.10. The molecule has 0 aromatic carbocycles. The molecular formula is C19H28ClN3O3. The Morgan fingerprint density at radius 2 is 2.08 bits per heavy atom. The fourth-order valence-corrected chi connectivity index (χ4v) is 3.89. The van der Waals surface area contributed by atoms with Gasteiger partial charge in [-0.1, -0.05) is 25.4 Å². The Labute approximate surface area is 160 Å². The number of halogens is 1. The Morgan fingerprint density at radius 1 is 1.35 bits per heavy atom. The quantitative estimate of drug-likeness (QED) is 0.734. The van der Waals surface area contributed by atoms with E-state index in [1.807, 2.05) is 11.8 Å². The van der Waals surface area contributed by atoms with Crippen molar-refractivity contribution in [2.24, 2.45) is 5.92 Å². The van der Waals surface area contributed by atoms with E-state index in [0.29, 0.717) is 24.3 Å². The number of likely N-dealkylation sites (tertiary alicyclic amines) is 1. The third kappa shape index (κ3) is 4.30. The van der Waals surface area contributed by atoms with E-state index in [-0.39, 0.29) is 18.2 Å².